The first-order valence-corrected chi connectivity index (χ1v) is 7.20. The minimum atomic E-state index is -0.750. The average Bonchev–Trinajstić information content (AvgIpc) is 2.87. The van der Waals surface area contributed by atoms with Gasteiger partial charge >= 0.3 is 5.97 Å². The van der Waals surface area contributed by atoms with Crippen molar-refractivity contribution in [2.75, 3.05) is 19.6 Å². The van der Waals surface area contributed by atoms with Crippen LogP contribution < -0.4 is 5.73 Å². The quantitative estimate of drug-likeness (QED) is 0.802. The topological polar surface area (TPSA) is 83.6 Å². The fraction of sp³-hybridized carbons (Fsp3) is 0.857. The molecule has 2 fully saturated rings. The van der Waals surface area contributed by atoms with Gasteiger partial charge in [0.15, 0.2) is 0 Å². The zero-order chi connectivity index (χ0) is 14.0. The molecule has 5 nitrogen and oxygen atoms in total. The number of amides is 1. The monoisotopic (exact) mass is 268 g/mol. The number of nitrogens with two attached hydrogens (primary N) is 1. The molecule has 108 valence electrons. The minimum Gasteiger partial charge on any atom is -0.481 e. The highest BCUT2D eigenvalue weighted by Crippen LogP contribution is 2.36. The van der Waals surface area contributed by atoms with Crippen LogP contribution in [-0.4, -0.2) is 41.5 Å². The van der Waals surface area contributed by atoms with Crippen molar-refractivity contribution in [3.63, 3.8) is 0 Å². The van der Waals surface area contributed by atoms with Crippen molar-refractivity contribution in [2.24, 2.45) is 23.0 Å². The van der Waals surface area contributed by atoms with Crippen molar-refractivity contribution in [2.45, 2.75) is 39.0 Å². The highest BCUT2D eigenvalue weighted by Gasteiger charge is 2.41. The van der Waals surface area contributed by atoms with Crippen LogP contribution in [0.15, 0.2) is 0 Å². The maximum absolute atomic E-state index is 12.5. The lowest BCUT2D eigenvalue weighted by Crippen LogP contribution is -2.47. The number of rotatable bonds is 3. The largest absolute Gasteiger partial charge is 0.481 e. The molecule has 2 aliphatic rings. The van der Waals surface area contributed by atoms with Gasteiger partial charge in [0.2, 0.25) is 5.91 Å². The average molecular weight is 268 g/mol. The molecule has 0 aromatic carbocycles. The van der Waals surface area contributed by atoms with E-state index in [2.05, 4.69) is 0 Å². The molecule has 0 spiro atoms. The lowest BCUT2D eigenvalue weighted by molar-refractivity contribution is -0.154. The van der Waals surface area contributed by atoms with E-state index in [9.17, 15) is 14.7 Å². The molecule has 19 heavy (non-hydrogen) atoms. The van der Waals surface area contributed by atoms with E-state index in [0.29, 0.717) is 38.4 Å². The first-order valence-electron chi connectivity index (χ1n) is 7.20. The van der Waals surface area contributed by atoms with Crippen LogP contribution in [0.25, 0.3) is 0 Å². The van der Waals surface area contributed by atoms with Gasteiger partial charge in [0.1, 0.15) is 0 Å². The molecule has 3 N–H and O–H groups in total. The number of carboxylic acid groups (broad SMARTS) is 1. The summed E-state index contributed by atoms with van der Waals surface area (Å²) >= 11 is 0. The molecule has 0 radical (unpaired) electrons. The lowest BCUT2D eigenvalue weighted by Gasteiger charge is -2.38. The summed E-state index contributed by atoms with van der Waals surface area (Å²) in [6.45, 7) is 3.48. The Bertz CT molecular complexity index is 362. The molecule has 1 heterocycles. The SMILES string of the molecule is CC1(C(=O)O)CCN(C(=O)C2CCCC2CN)CC1. The van der Waals surface area contributed by atoms with Crippen molar-refractivity contribution in [1.82, 2.24) is 4.90 Å². The van der Waals surface area contributed by atoms with Crippen LogP contribution in [0.4, 0.5) is 0 Å². The van der Waals surface area contributed by atoms with E-state index in [1.54, 1.807) is 6.92 Å². The maximum Gasteiger partial charge on any atom is 0.309 e. The molecule has 1 aliphatic carbocycles. The van der Waals surface area contributed by atoms with Crippen LogP contribution >= 0.6 is 0 Å². The van der Waals surface area contributed by atoms with E-state index >= 15 is 0 Å². The van der Waals surface area contributed by atoms with E-state index in [1.807, 2.05) is 4.90 Å². The molecule has 2 rings (SSSR count). The molecule has 1 aliphatic heterocycles. The second kappa shape index (κ2) is 5.49. The summed E-state index contributed by atoms with van der Waals surface area (Å²) < 4.78 is 0. The molecular formula is C14H24N2O3. The van der Waals surface area contributed by atoms with E-state index < -0.39 is 11.4 Å². The van der Waals surface area contributed by atoms with Gasteiger partial charge < -0.3 is 15.7 Å². The van der Waals surface area contributed by atoms with Gasteiger partial charge in [0.25, 0.3) is 0 Å². The van der Waals surface area contributed by atoms with Crippen LogP contribution in [-0.2, 0) is 9.59 Å². The van der Waals surface area contributed by atoms with Crippen LogP contribution in [0.5, 0.6) is 0 Å². The van der Waals surface area contributed by atoms with Gasteiger partial charge in [-0.3, -0.25) is 9.59 Å². The molecule has 0 bridgehead atoms. The summed E-state index contributed by atoms with van der Waals surface area (Å²) in [6.07, 6.45) is 4.17. The van der Waals surface area contributed by atoms with Crippen LogP contribution in [0.2, 0.25) is 0 Å². The highest BCUT2D eigenvalue weighted by molar-refractivity contribution is 5.80. The molecule has 1 saturated carbocycles. The summed E-state index contributed by atoms with van der Waals surface area (Å²) in [6, 6.07) is 0. The predicted molar refractivity (Wildman–Crippen MR) is 71.4 cm³/mol. The number of carbonyl (C=O) groups excluding carboxylic acids is 1. The van der Waals surface area contributed by atoms with E-state index in [-0.39, 0.29) is 11.8 Å². The Morgan fingerprint density at radius 1 is 1.32 bits per heavy atom. The van der Waals surface area contributed by atoms with Gasteiger partial charge in [0, 0.05) is 19.0 Å². The number of aliphatic carboxylic acids is 1. The summed E-state index contributed by atoms with van der Waals surface area (Å²) in [5.41, 5.74) is 5.06. The first-order chi connectivity index (χ1) is 8.98. The molecule has 1 saturated heterocycles. The normalized spacial score (nSPS) is 30.3. The van der Waals surface area contributed by atoms with E-state index in [0.717, 1.165) is 19.3 Å². The zero-order valence-corrected chi connectivity index (χ0v) is 11.6. The molecule has 0 aromatic rings. The van der Waals surface area contributed by atoms with Crippen LogP contribution in [0.1, 0.15) is 39.0 Å². The van der Waals surface area contributed by atoms with Crippen LogP contribution in [0.3, 0.4) is 0 Å². The Labute approximate surface area is 114 Å². The molecule has 1 amide bonds. The summed E-state index contributed by atoms with van der Waals surface area (Å²) in [4.78, 5) is 25.5. The molecule has 2 unspecified atom stereocenters. The van der Waals surface area contributed by atoms with Crippen molar-refractivity contribution < 1.29 is 14.7 Å². The molecule has 0 aromatic heterocycles. The Hall–Kier alpha value is -1.10. The third-order valence-electron chi connectivity index (χ3n) is 4.97. The first kappa shape index (κ1) is 14.3. The molecule has 5 heteroatoms. The van der Waals surface area contributed by atoms with Gasteiger partial charge in [-0.2, -0.15) is 0 Å². The standard InChI is InChI=1S/C14H24N2O3/c1-14(13(18)19)5-7-16(8-6-14)12(17)11-4-2-3-10(11)9-15/h10-11H,2-9,15H2,1H3,(H,18,19). The number of carboxylic acids is 1. The van der Waals surface area contributed by atoms with Gasteiger partial charge in [-0.1, -0.05) is 6.42 Å². The molecule has 2 atom stereocenters. The Balaban J connectivity index is 1.94. The number of likely N-dealkylation sites (tertiary alicyclic amines) is 1. The lowest BCUT2D eigenvalue weighted by atomic mass is 9.80. The van der Waals surface area contributed by atoms with Crippen molar-refractivity contribution in [1.29, 1.82) is 0 Å². The van der Waals surface area contributed by atoms with Crippen LogP contribution in [0, 0.1) is 17.3 Å². The third-order valence-corrected chi connectivity index (χ3v) is 4.97. The number of carbonyl (C=O) groups is 2. The van der Waals surface area contributed by atoms with Gasteiger partial charge in [0.05, 0.1) is 5.41 Å². The third kappa shape index (κ3) is 2.76. The van der Waals surface area contributed by atoms with Gasteiger partial charge in [-0.15, -0.1) is 0 Å². The van der Waals surface area contributed by atoms with Crippen molar-refractivity contribution in [3.8, 4) is 0 Å². The predicted octanol–water partition coefficient (Wildman–Crippen LogP) is 1.07. The van der Waals surface area contributed by atoms with Crippen molar-refractivity contribution >= 4 is 11.9 Å². The number of piperidine rings is 1. The second-order valence-electron chi connectivity index (χ2n) is 6.22. The fourth-order valence-electron chi connectivity index (χ4n) is 3.31. The maximum atomic E-state index is 12.5. The van der Waals surface area contributed by atoms with E-state index in [4.69, 9.17) is 5.73 Å². The number of hydrogen-bond donors (Lipinski definition) is 2. The smallest absolute Gasteiger partial charge is 0.309 e. The molecular weight excluding hydrogens is 244 g/mol. The summed E-state index contributed by atoms with van der Waals surface area (Å²) in [5, 5.41) is 9.19. The number of hydrogen-bond acceptors (Lipinski definition) is 3. The van der Waals surface area contributed by atoms with E-state index in [1.165, 1.54) is 0 Å². The highest BCUT2D eigenvalue weighted by atomic mass is 16.4. The number of nitrogens with zero attached hydrogens (tertiary/aromatic N) is 1. The minimum absolute atomic E-state index is 0.0687. The Morgan fingerprint density at radius 2 is 1.95 bits per heavy atom. The van der Waals surface area contributed by atoms with Gasteiger partial charge in [-0.05, 0) is 45.1 Å². The fourth-order valence-corrected chi connectivity index (χ4v) is 3.31. The Kier molecular flexibility index (Phi) is 4.13. The summed E-state index contributed by atoms with van der Waals surface area (Å²) in [5.74, 6) is -0.167. The van der Waals surface area contributed by atoms with Gasteiger partial charge in [-0.25, -0.2) is 0 Å². The Morgan fingerprint density at radius 3 is 2.47 bits per heavy atom. The zero-order valence-electron chi connectivity index (χ0n) is 11.6. The second-order valence-corrected chi connectivity index (χ2v) is 6.22. The summed E-state index contributed by atoms with van der Waals surface area (Å²) in [7, 11) is 0. The van der Waals surface area contributed by atoms with Crippen molar-refractivity contribution in [3.05, 3.63) is 0 Å².